The molecule has 0 saturated heterocycles. The Morgan fingerprint density at radius 3 is 2.41 bits per heavy atom. The zero-order valence-electron chi connectivity index (χ0n) is 11.5. The predicted octanol–water partition coefficient (Wildman–Crippen LogP) is 3.42. The first-order valence-electron chi connectivity index (χ1n) is 6.43. The molecule has 2 aromatic carbocycles. The van der Waals surface area contributed by atoms with Crippen molar-refractivity contribution < 1.29 is 10.0 Å². The highest BCUT2D eigenvalue weighted by molar-refractivity contribution is 5.84. The van der Waals surface area contributed by atoms with Gasteiger partial charge in [0.15, 0.2) is 0 Å². The second-order valence-electron chi connectivity index (χ2n) is 4.24. The fraction of sp³-hybridized carbons (Fsp3) is 0. The predicted molar refractivity (Wildman–Crippen MR) is 86.3 cm³/mol. The van der Waals surface area contributed by atoms with Crippen LogP contribution in [0.2, 0.25) is 0 Å². The quantitative estimate of drug-likeness (QED) is 0.520. The van der Waals surface area contributed by atoms with Crippen LogP contribution in [0.4, 0.5) is 5.69 Å². The average Bonchev–Trinajstić information content (AvgIpc) is 2.52. The summed E-state index contributed by atoms with van der Waals surface area (Å²) in [7, 11) is 0. The Balaban J connectivity index is 2.01. The molecule has 0 amide bonds. The van der Waals surface area contributed by atoms with Gasteiger partial charge < -0.3 is 5.11 Å². The number of para-hydroxylation sites is 2. The highest BCUT2D eigenvalue weighted by atomic mass is 16.6. The van der Waals surface area contributed by atoms with E-state index in [1.165, 1.54) is 18.5 Å². The number of nitro benzene ring substituents is 1. The zero-order chi connectivity index (χ0) is 15.8. The topological polar surface area (TPSA) is 88.1 Å². The summed E-state index contributed by atoms with van der Waals surface area (Å²) in [5, 5.41) is 27.9. The van der Waals surface area contributed by atoms with Crippen LogP contribution >= 0.6 is 0 Å². The van der Waals surface area contributed by atoms with E-state index in [2.05, 4.69) is 10.2 Å². The Hall–Kier alpha value is -3.28. The van der Waals surface area contributed by atoms with E-state index in [-0.39, 0.29) is 11.4 Å². The van der Waals surface area contributed by atoms with Crippen LogP contribution in [0, 0.1) is 10.1 Å². The molecule has 0 atom stereocenters. The average molecular weight is 295 g/mol. The van der Waals surface area contributed by atoms with Crippen LogP contribution < -0.4 is 0 Å². The molecule has 22 heavy (non-hydrogen) atoms. The van der Waals surface area contributed by atoms with Gasteiger partial charge in [0.05, 0.1) is 16.7 Å². The van der Waals surface area contributed by atoms with E-state index in [4.69, 9.17) is 0 Å². The second kappa shape index (κ2) is 7.49. The molecule has 0 aliphatic heterocycles. The van der Waals surface area contributed by atoms with Crippen LogP contribution in [0.15, 0.2) is 64.8 Å². The molecule has 2 rings (SSSR count). The molecular formula is C16H13N3O3. The minimum atomic E-state index is -0.437. The summed E-state index contributed by atoms with van der Waals surface area (Å²) >= 11 is 0. The summed E-state index contributed by atoms with van der Waals surface area (Å²) in [6.45, 7) is 0. The minimum absolute atomic E-state index is 0.0323. The van der Waals surface area contributed by atoms with Crippen molar-refractivity contribution >= 4 is 24.2 Å². The summed E-state index contributed by atoms with van der Waals surface area (Å²) in [6, 6.07) is 13.2. The molecule has 0 aliphatic carbocycles. The number of allylic oxidation sites excluding steroid dienone is 1. The van der Waals surface area contributed by atoms with Gasteiger partial charge in [-0.25, -0.2) is 0 Å². The van der Waals surface area contributed by atoms with Crippen molar-refractivity contribution in [3.63, 3.8) is 0 Å². The molecular weight excluding hydrogens is 282 g/mol. The lowest BCUT2D eigenvalue weighted by Gasteiger charge is -1.95. The van der Waals surface area contributed by atoms with Gasteiger partial charge in [-0.2, -0.15) is 10.2 Å². The Labute approximate surface area is 126 Å². The van der Waals surface area contributed by atoms with Crippen LogP contribution in [0.3, 0.4) is 0 Å². The fourth-order valence-corrected chi connectivity index (χ4v) is 1.71. The Morgan fingerprint density at radius 1 is 1.00 bits per heavy atom. The van der Waals surface area contributed by atoms with Gasteiger partial charge in [-0.05, 0) is 30.4 Å². The third-order valence-electron chi connectivity index (χ3n) is 2.76. The Morgan fingerprint density at radius 2 is 1.68 bits per heavy atom. The Bertz CT molecular complexity index is 752. The van der Waals surface area contributed by atoms with Gasteiger partial charge >= 0.3 is 0 Å². The molecule has 0 aromatic heterocycles. The SMILES string of the molecule is O=[N+]([O-])c1ccccc1/C=C/C=N\N=C\c1ccccc1O. The van der Waals surface area contributed by atoms with Gasteiger partial charge in [0, 0.05) is 17.8 Å². The molecule has 2 aromatic rings. The molecule has 0 heterocycles. The number of phenolic OH excluding ortho intramolecular Hbond substituents is 1. The molecule has 0 saturated carbocycles. The highest BCUT2D eigenvalue weighted by Gasteiger charge is 2.08. The molecule has 0 bridgehead atoms. The van der Waals surface area contributed by atoms with Gasteiger partial charge in [-0.1, -0.05) is 24.3 Å². The minimum Gasteiger partial charge on any atom is -0.507 e. The van der Waals surface area contributed by atoms with Crippen LogP contribution in [0.1, 0.15) is 11.1 Å². The maximum atomic E-state index is 10.8. The van der Waals surface area contributed by atoms with E-state index in [9.17, 15) is 15.2 Å². The number of hydrogen-bond donors (Lipinski definition) is 1. The van der Waals surface area contributed by atoms with Crippen molar-refractivity contribution in [2.45, 2.75) is 0 Å². The van der Waals surface area contributed by atoms with Gasteiger partial charge in [-0.3, -0.25) is 10.1 Å². The van der Waals surface area contributed by atoms with Gasteiger partial charge in [0.25, 0.3) is 5.69 Å². The van der Waals surface area contributed by atoms with Crippen molar-refractivity contribution in [1.29, 1.82) is 0 Å². The van der Waals surface area contributed by atoms with Crippen molar-refractivity contribution in [2.24, 2.45) is 10.2 Å². The van der Waals surface area contributed by atoms with Crippen LogP contribution in [0.25, 0.3) is 6.08 Å². The Kier molecular flexibility index (Phi) is 5.15. The summed E-state index contributed by atoms with van der Waals surface area (Å²) in [4.78, 5) is 10.4. The van der Waals surface area contributed by atoms with Gasteiger partial charge in [-0.15, -0.1) is 0 Å². The maximum absolute atomic E-state index is 10.8. The lowest BCUT2D eigenvalue weighted by molar-refractivity contribution is -0.385. The maximum Gasteiger partial charge on any atom is 0.276 e. The van der Waals surface area contributed by atoms with Crippen molar-refractivity contribution in [2.75, 3.05) is 0 Å². The number of nitrogens with zero attached hydrogens (tertiary/aromatic N) is 3. The first kappa shape index (κ1) is 15.1. The summed E-state index contributed by atoms with van der Waals surface area (Å²) in [5.41, 5.74) is 1.08. The molecule has 6 nitrogen and oxygen atoms in total. The molecule has 0 aliphatic rings. The van der Waals surface area contributed by atoms with E-state index in [1.807, 2.05) is 0 Å². The molecule has 6 heteroatoms. The van der Waals surface area contributed by atoms with E-state index < -0.39 is 4.92 Å². The summed E-state index contributed by atoms with van der Waals surface area (Å²) < 4.78 is 0. The lowest BCUT2D eigenvalue weighted by atomic mass is 10.2. The standard InChI is InChI=1S/C16H13N3O3/c20-16-10-4-2-7-14(16)12-18-17-11-5-8-13-6-1-3-9-15(13)19(21)22/h1-12,20H/b8-5+,17-11-,18-12+. The smallest absolute Gasteiger partial charge is 0.276 e. The highest BCUT2D eigenvalue weighted by Crippen LogP contribution is 2.18. The second-order valence-corrected chi connectivity index (χ2v) is 4.24. The first-order valence-corrected chi connectivity index (χ1v) is 6.43. The van der Waals surface area contributed by atoms with Gasteiger partial charge in [0.2, 0.25) is 0 Å². The van der Waals surface area contributed by atoms with Crippen molar-refractivity contribution in [3.05, 3.63) is 75.8 Å². The van der Waals surface area contributed by atoms with E-state index in [0.717, 1.165) is 0 Å². The molecule has 0 fully saturated rings. The van der Waals surface area contributed by atoms with Crippen LogP contribution in [-0.4, -0.2) is 22.5 Å². The van der Waals surface area contributed by atoms with Crippen molar-refractivity contribution in [3.8, 4) is 5.75 Å². The number of hydrogen-bond acceptors (Lipinski definition) is 5. The third-order valence-corrected chi connectivity index (χ3v) is 2.76. The zero-order valence-corrected chi connectivity index (χ0v) is 11.5. The summed E-state index contributed by atoms with van der Waals surface area (Å²) in [5.74, 6) is 0.122. The molecule has 0 radical (unpaired) electrons. The van der Waals surface area contributed by atoms with E-state index in [1.54, 1.807) is 54.6 Å². The first-order chi connectivity index (χ1) is 10.7. The van der Waals surface area contributed by atoms with Crippen molar-refractivity contribution in [1.82, 2.24) is 0 Å². The fourth-order valence-electron chi connectivity index (χ4n) is 1.71. The molecule has 1 N–H and O–H groups in total. The van der Waals surface area contributed by atoms with E-state index >= 15 is 0 Å². The number of benzene rings is 2. The van der Waals surface area contributed by atoms with Gasteiger partial charge in [0.1, 0.15) is 5.75 Å². The number of rotatable bonds is 5. The largest absolute Gasteiger partial charge is 0.507 e. The number of aromatic hydroxyl groups is 1. The normalized spacial score (nSPS) is 11.6. The number of phenols is 1. The van der Waals surface area contributed by atoms with Crippen LogP contribution in [-0.2, 0) is 0 Å². The molecule has 0 spiro atoms. The number of nitro groups is 1. The van der Waals surface area contributed by atoms with Crippen LogP contribution in [0.5, 0.6) is 5.75 Å². The lowest BCUT2D eigenvalue weighted by Crippen LogP contribution is -1.90. The molecule has 110 valence electrons. The summed E-state index contributed by atoms with van der Waals surface area (Å²) in [6.07, 6.45) is 5.97. The molecule has 0 unspecified atom stereocenters. The third kappa shape index (κ3) is 4.11. The monoisotopic (exact) mass is 295 g/mol. The van der Waals surface area contributed by atoms with E-state index in [0.29, 0.717) is 11.1 Å².